The summed E-state index contributed by atoms with van der Waals surface area (Å²) in [6.07, 6.45) is 5.69. The zero-order valence-corrected chi connectivity index (χ0v) is 25.8. The number of amides is 3. The number of ether oxygens (including phenoxy) is 1. The Hall–Kier alpha value is -3.91. The second kappa shape index (κ2) is 13.2. The van der Waals surface area contributed by atoms with Crippen molar-refractivity contribution in [2.45, 2.75) is 30.9 Å². The number of methoxy groups -OCH3 is 1. The quantitative estimate of drug-likeness (QED) is 0.207. The van der Waals surface area contributed by atoms with E-state index in [4.69, 9.17) is 4.74 Å². The SMILES string of the molecule is BC(B)(B)NC(=O)c1nnc(NC(=O)C2CC2)cc1Nc1cccc(-c2ncc(C(=O)NCCN3CCCC3)s2)c1OC. The van der Waals surface area contributed by atoms with Crippen molar-refractivity contribution in [3.05, 3.63) is 41.0 Å². The van der Waals surface area contributed by atoms with Crippen molar-refractivity contribution < 1.29 is 19.1 Å². The van der Waals surface area contributed by atoms with Gasteiger partial charge in [-0.1, -0.05) is 6.07 Å². The zero-order chi connectivity index (χ0) is 30.6. The van der Waals surface area contributed by atoms with E-state index in [1.54, 1.807) is 25.4 Å². The van der Waals surface area contributed by atoms with Crippen molar-refractivity contribution in [3.63, 3.8) is 0 Å². The third kappa shape index (κ3) is 7.93. The molecule has 1 aliphatic carbocycles. The van der Waals surface area contributed by atoms with Gasteiger partial charge in [0.05, 0.1) is 30.2 Å². The predicted octanol–water partition coefficient (Wildman–Crippen LogP) is -0.233. The molecule has 0 atom stereocenters. The smallest absolute Gasteiger partial charge is 0.272 e. The number of aromatic nitrogens is 3. The van der Waals surface area contributed by atoms with Gasteiger partial charge in [0.1, 0.15) is 33.4 Å². The summed E-state index contributed by atoms with van der Waals surface area (Å²) in [7, 11) is 7.16. The van der Waals surface area contributed by atoms with Crippen LogP contribution in [-0.4, -0.2) is 99.9 Å². The summed E-state index contributed by atoms with van der Waals surface area (Å²) in [6, 6.07) is 7.08. The minimum atomic E-state index is -0.504. The molecule has 1 saturated heterocycles. The highest BCUT2D eigenvalue weighted by molar-refractivity contribution is 7.17. The second-order valence-corrected chi connectivity index (χ2v) is 12.8. The molecule has 0 spiro atoms. The van der Waals surface area contributed by atoms with Gasteiger partial charge in [-0.2, -0.15) is 0 Å². The van der Waals surface area contributed by atoms with E-state index in [2.05, 4.69) is 41.3 Å². The molecule has 0 radical (unpaired) electrons. The molecule has 12 nitrogen and oxygen atoms in total. The molecule has 4 N–H and O–H groups in total. The highest BCUT2D eigenvalue weighted by Gasteiger charge is 2.30. The maximum Gasteiger partial charge on any atom is 0.272 e. The minimum absolute atomic E-state index is 0.0193. The Kier molecular flexibility index (Phi) is 9.35. The highest BCUT2D eigenvalue weighted by Crippen LogP contribution is 2.40. The number of nitrogens with zero attached hydrogens (tertiary/aromatic N) is 4. The number of nitrogens with one attached hydrogen (secondary N) is 4. The van der Waals surface area contributed by atoms with Crippen LogP contribution in [0.1, 0.15) is 45.8 Å². The van der Waals surface area contributed by atoms with Crippen molar-refractivity contribution in [2.75, 3.05) is 43.9 Å². The Bertz CT molecular complexity index is 1510. The first-order valence-corrected chi connectivity index (χ1v) is 15.3. The Labute approximate surface area is 257 Å². The van der Waals surface area contributed by atoms with Gasteiger partial charge in [-0.05, 0) is 56.1 Å². The van der Waals surface area contributed by atoms with Gasteiger partial charge < -0.3 is 30.9 Å². The fraction of sp³-hybridized carbons (Fsp3) is 0.407. The molecule has 0 unspecified atom stereocenters. The number of carbonyl (C=O) groups is 3. The Morgan fingerprint density at radius 2 is 1.86 bits per heavy atom. The Morgan fingerprint density at radius 3 is 2.56 bits per heavy atom. The molecule has 43 heavy (non-hydrogen) atoms. The largest absolute Gasteiger partial charge is 0.494 e. The van der Waals surface area contributed by atoms with Crippen LogP contribution in [0.15, 0.2) is 30.5 Å². The summed E-state index contributed by atoms with van der Waals surface area (Å²) in [4.78, 5) is 45.7. The summed E-state index contributed by atoms with van der Waals surface area (Å²) >= 11 is 1.28. The lowest BCUT2D eigenvalue weighted by Crippen LogP contribution is -2.50. The van der Waals surface area contributed by atoms with Gasteiger partial charge in [-0.25, -0.2) is 4.98 Å². The van der Waals surface area contributed by atoms with E-state index in [-0.39, 0.29) is 29.2 Å². The lowest BCUT2D eigenvalue weighted by atomic mass is 9.49. The molecular weight excluding hydrogens is 565 g/mol. The molecule has 2 fully saturated rings. The first-order valence-electron chi connectivity index (χ1n) is 14.5. The number of thiazole rings is 1. The fourth-order valence-corrected chi connectivity index (χ4v) is 5.64. The van der Waals surface area contributed by atoms with Crippen molar-refractivity contribution in [1.82, 2.24) is 30.7 Å². The fourth-order valence-electron chi connectivity index (χ4n) is 4.78. The van der Waals surface area contributed by atoms with Crippen LogP contribution in [0.25, 0.3) is 10.6 Å². The van der Waals surface area contributed by atoms with E-state index in [1.807, 2.05) is 35.7 Å². The van der Waals surface area contributed by atoms with Crippen LogP contribution in [0.3, 0.4) is 0 Å². The average Bonchev–Trinajstić information content (AvgIpc) is 3.46. The summed E-state index contributed by atoms with van der Waals surface area (Å²) in [5.41, 5.74) is 1.63. The molecule has 1 aliphatic heterocycles. The van der Waals surface area contributed by atoms with Gasteiger partial charge in [-0.15, -0.1) is 21.5 Å². The monoisotopic (exact) mass is 600 g/mol. The second-order valence-electron chi connectivity index (χ2n) is 11.8. The molecule has 2 aliphatic rings. The van der Waals surface area contributed by atoms with Crippen LogP contribution in [0.2, 0.25) is 0 Å². The summed E-state index contributed by atoms with van der Waals surface area (Å²) in [5, 5.41) is 20.3. The van der Waals surface area contributed by atoms with Gasteiger partial charge >= 0.3 is 0 Å². The molecule has 5 rings (SSSR count). The van der Waals surface area contributed by atoms with E-state index in [1.165, 1.54) is 24.2 Å². The van der Waals surface area contributed by atoms with E-state index in [9.17, 15) is 14.4 Å². The molecule has 3 heterocycles. The predicted molar refractivity (Wildman–Crippen MR) is 175 cm³/mol. The average molecular weight is 600 g/mol. The van der Waals surface area contributed by atoms with Crippen molar-refractivity contribution in [1.29, 1.82) is 0 Å². The Balaban J connectivity index is 1.38. The standard InChI is InChI=1S/C27H35B3N8O4S/c1-42-22-16(26-32-14-19(43-26)24(40)31-9-12-38-10-2-3-11-38)5-4-6-17(22)33-18-13-20(34-23(39)15-7-8-15)36-37-21(18)25(41)35-27(28,29)30/h4-6,13-15H,2-3,7-12,28-30H2,1H3,(H,31,40)(H,35,41)(H2,33,34,36,39). The molecule has 16 heteroatoms. The maximum atomic E-state index is 13.2. The summed E-state index contributed by atoms with van der Waals surface area (Å²) < 4.78 is 5.80. The normalized spacial score (nSPS) is 15.1. The molecule has 3 amide bonds. The lowest BCUT2D eigenvalue weighted by molar-refractivity contribution is -0.117. The Morgan fingerprint density at radius 1 is 1.09 bits per heavy atom. The van der Waals surface area contributed by atoms with Crippen molar-refractivity contribution in [2.24, 2.45) is 5.92 Å². The van der Waals surface area contributed by atoms with E-state index in [0.29, 0.717) is 39.1 Å². The van der Waals surface area contributed by atoms with Crippen LogP contribution < -0.4 is 26.0 Å². The van der Waals surface area contributed by atoms with Gasteiger partial charge in [0, 0.05) is 25.1 Å². The zero-order valence-electron chi connectivity index (χ0n) is 25.0. The first kappa shape index (κ1) is 30.5. The molecule has 1 aromatic carbocycles. The number of rotatable bonds is 12. The number of hydrogen-bond donors (Lipinski definition) is 4. The molecule has 3 aromatic rings. The van der Waals surface area contributed by atoms with Crippen LogP contribution in [-0.2, 0) is 4.79 Å². The van der Waals surface area contributed by atoms with Crippen molar-refractivity contribution in [3.8, 4) is 16.3 Å². The topological polar surface area (TPSA) is 150 Å². The van der Waals surface area contributed by atoms with E-state index < -0.39 is 11.1 Å². The number of carbonyl (C=O) groups excluding carboxylic acids is 3. The van der Waals surface area contributed by atoms with E-state index in [0.717, 1.165) is 32.5 Å². The van der Waals surface area contributed by atoms with Crippen LogP contribution in [0.4, 0.5) is 17.2 Å². The third-order valence-electron chi connectivity index (χ3n) is 7.06. The number of hydrogen-bond acceptors (Lipinski definition) is 10. The number of likely N-dealkylation sites (tertiary alicyclic amines) is 1. The molecule has 222 valence electrons. The van der Waals surface area contributed by atoms with Crippen LogP contribution in [0, 0.1) is 5.92 Å². The van der Waals surface area contributed by atoms with E-state index >= 15 is 0 Å². The molecular formula is C27H35B3N8O4S. The van der Waals surface area contributed by atoms with Crippen LogP contribution in [0.5, 0.6) is 5.75 Å². The van der Waals surface area contributed by atoms with Gasteiger partial charge in [0.25, 0.3) is 11.8 Å². The highest BCUT2D eigenvalue weighted by atomic mass is 32.1. The summed E-state index contributed by atoms with van der Waals surface area (Å²) in [6.45, 7) is 3.59. The number of benzene rings is 1. The van der Waals surface area contributed by atoms with Gasteiger partial charge in [-0.3, -0.25) is 14.4 Å². The van der Waals surface area contributed by atoms with Crippen molar-refractivity contribution >= 4 is 69.8 Å². The van der Waals surface area contributed by atoms with Gasteiger partial charge in [0.15, 0.2) is 17.3 Å². The number of para-hydroxylation sites is 1. The summed E-state index contributed by atoms with van der Waals surface area (Å²) in [5.74, 6) is -0.00422. The number of anilines is 3. The molecule has 0 bridgehead atoms. The van der Waals surface area contributed by atoms with Gasteiger partial charge in [0.2, 0.25) is 5.91 Å². The molecule has 2 aromatic heterocycles. The maximum absolute atomic E-state index is 13.2. The third-order valence-corrected chi connectivity index (χ3v) is 8.09. The lowest BCUT2D eigenvalue weighted by Gasteiger charge is -2.22. The van der Waals surface area contributed by atoms with Crippen LogP contribution >= 0.6 is 11.3 Å². The molecule has 1 saturated carbocycles. The first-order chi connectivity index (χ1) is 20.6. The minimum Gasteiger partial charge on any atom is -0.494 e.